The summed E-state index contributed by atoms with van der Waals surface area (Å²) in [5, 5.41) is 1.26. The van der Waals surface area contributed by atoms with E-state index in [1.165, 1.54) is 11.5 Å². The van der Waals surface area contributed by atoms with E-state index in [1.54, 1.807) is 0 Å². The summed E-state index contributed by atoms with van der Waals surface area (Å²) in [4.78, 5) is 0. The lowest BCUT2D eigenvalue weighted by molar-refractivity contribution is 1.25. The second-order valence-electron chi connectivity index (χ2n) is 2.61. The highest BCUT2D eigenvalue weighted by Gasteiger charge is 2.07. The second kappa shape index (κ2) is 5.76. The van der Waals surface area contributed by atoms with Crippen LogP contribution in [0, 0.1) is 0 Å². The van der Waals surface area contributed by atoms with E-state index in [2.05, 4.69) is 38.2 Å². The molecule has 1 rings (SSSR count). The number of hydrogen-bond acceptors (Lipinski definition) is 2. The van der Waals surface area contributed by atoms with Gasteiger partial charge in [0, 0.05) is 10.5 Å². The molecule has 0 atom stereocenters. The van der Waals surface area contributed by atoms with Crippen LogP contribution in [0.1, 0.15) is 13.8 Å². The third kappa shape index (κ3) is 3.28. The Hall–Kier alpha value is 0.180. The van der Waals surface area contributed by atoms with Gasteiger partial charge in [-0.3, -0.25) is 0 Å². The molecule has 12 heavy (non-hydrogen) atoms. The first kappa shape index (κ1) is 10.3. The smallest absolute Gasteiger partial charge is 0.0408 e. The van der Waals surface area contributed by atoms with Crippen LogP contribution in [0.25, 0.3) is 0 Å². The second-order valence-corrected chi connectivity index (χ2v) is 5.52. The Labute approximate surface area is 83.9 Å². The van der Waals surface area contributed by atoms with Gasteiger partial charge in [0.25, 0.3) is 0 Å². The van der Waals surface area contributed by atoms with Crippen LogP contribution in [0.3, 0.4) is 0 Å². The molecule has 0 aromatic heterocycles. The van der Waals surface area contributed by atoms with Crippen molar-refractivity contribution < 1.29 is 0 Å². The largest absolute Gasteiger partial charge is 0.150 e. The van der Waals surface area contributed by atoms with Crippen LogP contribution in [0.2, 0.25) is 0 Å². The van der Waals surface area contributed by atoms with Gasteiger partial charge in [-0.05, 0) is 11.5 Å². The van der Waals surface area contributed by atoms with Crippen LogP contribution >= 0.6 is 23.5 Å². The molecule has 0 aromatic rings. The molecular formula is C10H16S2. The Balaban J connectivity index is 2.32. The topological polar surface area (TPSA) is 0 Å². The third-order valence-electron chi connectivity index (χ3n) is 1.70. The molecule has 0 bridgehead atoms. The van der Waals surface area contributed by atoms with Gasteiger partial charge in [-0.1, -0.05) is 38.2 Å². The maximum Gasteiger partial charge on any atom is 0.0408 e. The van der Waals surface area contributed by atoms with Crippen molar-refractivity contribution in [2.45, 2.75) is 24.3 Å². The van der Waals surface area contributed by atoms with E-state index in [4.69, 9.17) is 0 Å². The standard InChI is InChI=1S/C10H16S2/c1-3-11-9-5-7-10(8-6-9)12-4-2/h5-10H,3-4H2,1-2H3. The van der Waals surface area contributed by atoms with Gasteiger partial charge in [-0.2, -0.15) is 23.5 Å². The number of hydrogen-bond donors (Lipinski definition) is 0. The normalized spacial score (nSPS) is 27.8. The third-order valence-corrected chi connectivity index (χ3v) is 3.76. The fraction of sp³-hybridized carbons (Fsp3) is 0.600. The zero-order chi connectivity index (χ0) is 8.81. The van der Waals surface area contributed by atoms with Crippen molar-refractivity contribution in [2.24, 2.45) is 0 Å². The molecule has 0 N–H and O–H groups in total. The summed E-state index contributed by atoms with van der Waals surface area (Å²) < 4.78 is 0. The highest BCUT2D eigenvalue weighted by atomic mass is 32.2. The first-order chi connectivity index (χ1) is 5.86. The van der Waals surface area contributed by atoms with Crippen molar-refractivity contribution in [3.05, 3.63) is 24.3 Å². The van der Waals surface area contributed by atoms with E-state index < -0.39 is 0 Å². The van der Waals surface area contributed by atoms with Crippen molar-refractivity contribution in [3.8, 4) is 0 Å². The molecule has 1 aliphatic carbocycles. The molecular weight excluding hydrogens is 184 g/mol. The van der Waals surface area contributed by atoms with Gasteiger partial charge in [0.05, 0.1) is 0 Å². The van der Waals surface area contributed by atoms with Crippen molar-refractivity contribution in [1.29, 1.82) is 0 Å². The minimum Gasteiger partial charge on any atom is -0.150 e. The summed E-state index contributed by atoms with van der Waals surface area (Å²) in [6.45, 7) is 4.42. The van der Waals surface area contributed by atoms with Crippen LogP contribution in [-0.4, -0.2) is 22.0 Å². The molecule has 0 nitrogen and oxygen atoms in total. The van der Waals surface area contributed by atoms with E-state index in [9.17, 15) is 0 Å². The molecule has 0 unspecified atom stereocenters. The van der Waals surface area contributed by atoms with Crippen molar-refractivity contribution in [3.63, 3.8) is 0 Å². The van der Waals surface area contributed by atoms with Crippen molar-refractivity contribution in [2.75, 3.05) is 11.5 Å². The fourth-order valence-electron chi connectivity index (χ4n) is 1.17. The van der Waals surface area contributed by atoms with Crippen LogP contribution < -0.4 is 0 Å². The summed E-state index contributed by atoms with van der Waals surface area (Å²) in [6, 6.07) is 0. The summed E-state index contributed by atoms with van der Waals surface area (Å²) >= 11 is 3.98. The van der Waals surface area contributed by atoms with E-state index in [0.717, 1.165) is 0 Å². The average molecular weight is 200 g/mol. The molecule has 0 fully saturated rings. The zero-order valence-electron chi connectivity index (χ0n) is 7.69. The Kier molecular flexibility index (Phi) is 4.93. The highest BCUT2D eigenvalue weighted by molar-refractivity contribution is 8.00. The minimum atomic E-state index is 0.628. The molecule has 0 heterocycles. The van der Waals surface area contributed by atoms with Gasteiger partial charge in [-0.15, -0.1) is 0 Å². The molecule has 1 aliphatic rings. The predicted octanol–water partition coefficient (Wildman–Crippen LogP) is 3.36. The molecule has 2 heteroatoms. The maximum absolute atomic E-state index is 2.32. The number of rotatable bonds is 4. The quantitative estimate of drug-likeness (QED) is 0.638. The van der Waals surface area contributed by atoms with Crippen molar-refractivity contribution >= 4 is 23.5 Å². The molecule has 0 radical (unpaired) electrons. The first-order valence-corrected chi connectivity index (χ1v) is 6.56. The summed E-state index contributed by atoms with van der Waals surface area (Å²) in [5.74, 6) is 2.40. The van der Waals surface area contributed by atoms with Gasteiger partial charge in [-0.25, -0.2) is 0 Å². The first-order valence-electron chi connectivity index (χ1n) is 4.46. The van der Waals surface area contributed by atoms with Crippen LogP contribution in [0.5, 0.6) is 0 Å². The highest BCUT2D eigenvalue weighted by Crippen LogP contribution is 2.23. The van der Waals surface area contributed by atoms with Gasteiger partial charge >= 0.3 is 0 Å². The average Bonchev–Trinajstić information content (AvgIpc) is 2.09. The van der Waals surface area contributed by atoms with Crippen LogP contribution in [0.15, 0.2) is 24.3 Å². The summed E-state index contributed by atoms with van der Waals surface area (Å²) in [5.41, 5.74) is 0. The van der Waals surface area contributed by atoms with E-state index in [-0.39, 0.29) is 0 Å². The summed E-state index contributed by atoms with van der Waals surface area (Å²) in [6.07, 6.45) is 9.28. The minimum absolute atomic E-state index is 0.628. The van der Waals surface area contributed by atoms with Gasteiger partial charge in [0.1, 0.15) is 0 Å². The molecule has 0 saturated carbocycles. The Morgan fingerprint density at radius 1 is 0.833 bits per heavy atom. The molecule has 0 amide bonds. The monoisotopic (exact) mass is 200 g/mol. The van der Waals surface area contributed by atoms with Crippen LogP contribution in [0.4, 0.5) is 0 Å². The lowest BCUT2D eigenvalue weighted by atomic mass is 10.2. The molecule has 0 spiro atoms. The molecule has 68 valence electrons. The summed E-state index contributed by atoms with van der Waals surface area (Å²) in [7, 11) is 0. The SMILES string of the molecule is CCSC1C=CC(SCC)C=C1. The van der Waals surface area contributed by atoms with Crippen LogP contribution in [-0.2, 0) is 0 Å². The molecule has 0 aromatic carbocycles. The fourth-order valence-corrected chi connectivity index (χ4v) is 2.75. The zero-order valence-corrected chi connectivity index (χ0v) is 9.33. The van der Waals surface area contributed by atoms with E-state index in [0.29, 0.717) is 10.5 Å². The van der Waals surface area contributed by atoms with E-state index in [1.807, 2.05) is 23.5 Å². The lowest BCUT2D eigenvalue weighted by Crippen LogP contribution is -2.05. The Bertz CT molecular complexity index is 141. The van der Waals surface area contributed by atoms with Gasteiger partial charge in [0.2, 0.25) is 0 Å². The van der Waals surface area contributed by atoms with Crippen molar-refractivity contribution in [1.82, 2.24) is 0 Å². The lowest BCUT2D eigenvalue weighted by Gasteiger charge is -2.14. The Morgan fingerprint density at radius 3 is 1.42 bits per heavy atom. The van der Waals surface area contributed by atoms with Gasteiger partial charge < -0.3 is 0 Å². The maximum atomic E-state index is 2.32. The molecule has 0 saturated heterocycles. The Morgan fingerprint density at radius 2 is 1.17 bits per heavy atom. The number of thioether (sulfide) groups is 2. The predicted molar refractivity (Wildman–Crippen MR) is 62.1 cm³/mol. The van der Waals surface area contributed by atoms with E-state index >= 15 is 0 Å². The van der Waals surface area contributed by atoms with Gasteiger partial charge in [0.15, 0.2) is 0 Å². The molecule has 0 aliphatic heterocycles.